The van der Waals surface area contributed by atoms with Crippen LogP contribution in [0.2, 0.25) is 0 Å². The molecule has 0 aliphatic heterocycles. The predicted octanol–water partition coefficient (Wildman–Crippen LogP) is 1.44. The van der Waals surface area contributed by atoms with Gasteiger partial charge in [0.2, 0.25) is 10.0 Å². The standard InChI is InChI=1S/C11H26N2O2S2/c1-4-7-12-8-5-6-9-17(14,15)13-10-11(2)16-3/h11-13H,4-10H2,1-3H3. The normalized spacial score (nSPS) is 13.8. The highest BCUT2D eigenvalue weighted by Crippen LogP contribution is 2.03. The molecule has 0 aliphatic carbocycles. The summed E-state index contributed by atoms with van der Waals surface area (Å²) in [5.74, 6) is 0.238. The summed E-state index contributed by atoms with van der Waals surface area (Å²) in [6.07, 6.45) is 4.74. The van der Waals surface area contributed by atoms with Crippen molar-refractivity contribution in [1.29, 1.82) is 0 Å². The number of thioether (sulfide) groups is 1. The number of nitrogens with one attached hydrogen (secondary N) is 2. The number of unbranched alkanes of at least 4 members (excludes halogenated alkanes) is 1. The maximum atomic E-state index is 11.6. The van der Waals surface area contributed by atoms with E-state index in [2.05, 4.69) is 17.0 Å². The maximum absolute atomic E-state index is 11.6. The molecule has 104 valence electrons. The molecule has 0 amide bonds. The lowest BCUT2D eigenvalue weighted by Crippen LogP contribution is -2.31. The molecule has 0 radical (unpaired) electrons. The molecule has 0 fully saturated rings. The lowest BCUT2D eigenvalue weighted by molar-refractivity contribution is 0.573. The zero-order valence-electron chi connectivity index (χ0n) is 11.2. The van der Waals surface area contributed by atoms with E-state index < -0.39 is 10.0 Å². The first-order valence-corrected chi connectivity index (χ1v) is 9.16. The molecule has 0 aromatic rings. The van der Waals surface area contributed by atoms with Gasteiger partial charge in [0.25, 0.3) is 0 Å². The van der Waals surface area contributed by atoms with E-state index in [4.69, 9.17) is 0 Å². The highest BCUT2D eigenvalue weighted by Gasteiger charge is 2.10. The summed E-state index contributed by atoms with van der Waals surface area (Å²) in [7, 11) is -3.07. The predicted molar refractivity (Wildman–Crippen MR) is 77.2 cm³/mol. The molecule has 0 aromatic heterocycles. The molecule has 1 atom stereocenters. The van der Waals surface area contributed by atoms with E-state index in [0.717, 1.165) is 32.4 Å². The first-order chi connectivity index (χ1) is 8.02. The van der Waals surface area contributed by atoms with Crippen molar-refractivity contribution in [3.63, 3.8) is 0 Å². The van der Waals surface area contributed by atoms with Crippen molar-refractivity contribution < 1.29 is 8.42 Å². The summed E-state index contributed by atoms with van der Waals surface area (Å²) in [5.41, 5.74) is 0. The zero-order valence-corrected chi connectivity index (χ0v) is 12.8. The minimum Gasteiger partial charge on any atom is -0.317 e. The molecule has 2 N–H and O–H groups in total. The first kappa shape index (κ1) is 17.2. The SMILES string of the molecule is CCCNCCCCS(=O)(=O)NCC(C)SC. The van der Waals surface area contributed by atoms with Crippen LogP contribution in [0.15, 0.2) is 0 Å². The quantitative estimate of drug-likeness (QED) is 0.563. The van der Waals surface area contributed by atoms with Crippen molar-refractivity contribution in [3.8, 4) is 0 Å². The highest BCUT2D eigenvalue weighted by molar-refractivity contribution is 7.99. The minimum absolute atomic E-state index is 0.238. The molecule has 0 rings (SSSR count). The van der Waals surface area contributed by atoms with Crippen molar-refractivity contribution in [2.24, 2.45) is 0 Å². The molecule has 6 heteroatoms. The fourth-order valence-corrected chi connectivity index (χ4v) is 2.83. The molecule has 1 unspecified atom stereocenters. The Morgan fingerprint density at radius 1 is 1.24 bits per heavy atom. The Bertz CT molecular complexity index is 269. The lowest BCUT2D eigenvalue weighted by atomic mass is 10.3. The lowest BCUT2D eigenvalue weighted by Gasteiger charge is -2.10. The Morgan fingerprint density at radius 2 is 1.94 bits per heavy atom. The Kier molecular flexibility index (Phi) is 10.3. The van der Waals surface area contributed by atoms with Crippen LogP contribution in [0, 0.1) is 0 Å². The average molecular weight is 282 g/mol. The number of rotatable bonds is 11. The Balaban J connectivity index is 3.57. The van der Waals surface area contributed by atoms with Crippen LogP contribution >= 0.6 is 11.8 Å². The molecule has 0 bridgehead atoms. The van der Waals surface area contributed by atoms with Gasteiger partial charge in [-0.1, -0.05) is 13.8 Å². The second-order valence-electron chi connectivity index (χ2n) is 4.17. The van der Waals surface area contributed by atoms with Gasteiger partial charge in [0, 0.05) is 11.8 Å². The molecule has 0 saturated carbocycles. The maximum Gasteiger partial charge on any atom is 0.211 e. The van der Waals surface area contributed by atoms with Crippen LogP contribution in [0.4, 0.5) is 0 Å². The molecular formula is C11H26N2O2S2. The van der Waals surface area contributed by atoms with E-state index in [1.54, 1.807) is 11.8 Å². The highest BCUT2D eigenvalue weighted by atomic mass is 32.2. The fourth-order valence-electron chi connectivity index (χ4n) is 1.24. The summed E-state index contributed by atoms with van der Waals surface area (Å²) in [5, 5.41) is 3.59. The van der Waals surface area contributed by atoms with Crippen LogP contribution < -0.4 is 10.0 Å². The van der Waals surface area contributed by atoms with E-state index >= 15 is 0 Å². The van der Waals surface area contributed by atoms with Gasteiger partial charge in [-0.05, 0) is 38.6 Å². The van der Waals surface area contributed by atoms with Crippen LogP contribution in [0.25, 0.3) is 0 Å². The van der Waals surface area contributed by atoms with Crippen LogP contribution in [-0.2, 0) is 10.0 Å². The smallest absolute Gasteiger partial charge is 0.211 e. The van der Waals surface area contributed by atoms with Crippen molar-refractivity contribution in [2.45, 2.75) is 38.4 Å². The van der Waals surface area contributed by atoms with Gasteiger partial charge in [0.1, 0.15) is 0 Å². The van der Waals surface area contributed by atoms with Gasteiger partial charge in [-0.25, -0.2) is 13.1 Å². The summed E-state index contributed by atoms with van der Waals surface area (Å²) in [6, 6.07) is 0. The molecular weight excluding hydrogens is 256 g/mol. The molecule has 0 saturated heterocycles. The Morgan fingerprint density at radius 3 is 2.53 bits per heavy atom. The van der Waals surface area contributed by atoms with Crippen LogP contribution in [0.5, 0.6) is 0 Å². The number of hydrogen-bond donors (Lipinski definition) is 2. The third-order valence-electron chi connectivity index (χ3n) is 2.44. The molecule has 0 aromatic carbocycles. The van der Waals surface area contributed by atoms with Gasteiger partial charge in [-0.3, -0.25) is 0 Å². The third kappa shape index (κ3) is 11.1. The first-order valence-electron chi connectivity index (χ1n) is 6.22. The van der Waals surface area contributed by atoms with E-state index in [-0.39, 0.29) is 5.75 Å². The van der Waals surface area contributed by atoms with Crippen LogP contribution in [-0.4, -0.2) is 45.3 Å². The third-order valence-corrected chi connectivity index (χ3v) is 4.84. The van der Waals surface area contributed by atoms with Crippen LogP contribution in [0.3, 0.4) is 0 Å². The van der Waals surface area contributed by atoms with Crippen molar-refractivity contribution >= 4 is 21.8 Å². The average Bonchev–Trinajstić information content (AvgIpc) is 2.30. The van der Waals surface area contributed by atoms with Crippen molar-refractivity contribution in [3.05, 3.63) is 0 Å². The number of hydrogen-bond acceptors (Lipinski definition) is 4. The van der Waals surface area contributed by atoms with E-state index in [1.165, 1.54) is 0 Å². The summed E-state index contributed by atoms with van der Waals surface area (Å²) in [6.45, 7) is 6.58. The monoisotopic (exact) mass is 282 g/mol. The Labute approximate surface area is 110 Å². The van der Waals surface area contributed by atoms with Gasteiger partial charge < -0.3 is 5.32 Å². The molecule has 0 spiro atoms. The van der Waals surface area contributed by atoms with Gasteiger partial charge >= 0.3 is 0 Å². The minimum atomic E-state index is -3.07. The van der Waals surface area contributed by atoms with Crippen molar-refractivity contribution in [2.75, 3.05) is 31.6 Å². The summed E-state index contributed by atoms with van der Waals surface area (Å²) >= 11 is 1.67. The molecule has 17 heavy (non-hydrogen) atoms. The molecule has 0 heterocycles. The van der Waals surface area contributed by atoms with E-state index in [0.29, 0.717) is 11.8 Å². The fraction of sp³-hybridized carbons (Fsp3) is 1.00. The second-order valence-corrected chi connectivity index (χ2v) is 7.37. The molecule has 0 aliphatic rings. The van der Waals surface area contributed by atoms with Gasteiger partial charge in [-0.2, -0.15) is 11.8 Å². The van der Waals surface area contributed by atoms with Crippen LogP contribution in [0.1, 0.15) is 33.1 Å². The summed E-state index contributed by atoms with van der Waals surface area (Å²) in [4.78, 5) is 0. The topological polar surface area (TPSA) is 58.2 Å². The Hall–Kier alpha value is 0.220. The zero-order chi connectivity index (χ0) is 13.1. The van der Waals surface area contributed by atoms with Crippen molar-refractivity contribution in [1.82, 2.24) is 10.0 Å². The van der Waals surface area contributed by atoms with Gasteiger partial charge in [0.05, 0.1) is 5.75 Å². The molecule has 4 nitrogen and oxygen atoms in total. The second kappa shape index (κ2) is 10.2. The largest absolute Gasteiger partial charge is 0.317 e. The summed E-state index contributed by atoms with van der Waals surface area (Å²) < 4.78 is 25.8. The van der Waals surface area contributed by atoms with E-state index in [9.17, 15) is 8.42 Å². The van der Waals surface area contributed by atoms with Gasteiger partial charge in [-0.15, -0.1) is 0 Å². The number of sulfonamides is 1. The van der Waals surface area contributed by atoms with Gasteiger partial charge in [0.15, 0.2) is 0 Å². The van der Waals surface area contributed by atoms with E-state index in [1.807, 2.05) is 13.2 Å².